The number of likely N-dealkylation sites (tertiary alicyclic amines) is 2. The zero-order valence-corrected chi connectivity index (χ0v) is 41.8. The normalized spacial score (nSPS) is 24.3. The van der Waals surface area contributed by atoms with Gasteiger partial charge < -0.3 is 34.3 Å². The Morgan fingerprint density at radius 3 is 2.47 bits per heavy atom. The average molecular weight is 955 g/mol. The van der Waals surface area contributed by atoms with E-state index in [0.717, 1.165) is 45.3 Å². The fourth-order valence-electron chi connectivity index (χ4n) is 12.1. The molecule has 1 aromatic heterocycles. The number of amides is 4. The number of aromatic hydroxyl groups is 1. The lowest BCUT2D eigenvalue weighted by molar-refractivity contribution is -0.158. The Labute approximate surface area is 411 Å². The molecular formula is C56H70N6O8. The topological polar surface area (TPSA) is 163 Å². The monoisotopic (exact) mass is 955 g/mol. The number of esters is 1. The van der Waals surface area contributed by atoms with Crippen LogP contribution in [0.2, 0.25) is 0 Å². The molecule has 6 bridgehead atoms. The highest BCUT2D eigenvalue weighted by molar-refractivity contribution is 5.98. The minimum Gasteiger partial charge on any atom is -0.508 e. The molecule has 4 atom stereocenters. The van der Waals surface area contributed by atoms with E-state index in [1.54, 1.807) is 29.0 Å². The first-order valence-electron chi connectivity index (χ1n) is 25.4. The van der Waals surface area contributed by atoms with Crippen molar-refractivity contribution in [3.05, 3.63) is 90.0 Å². The number of carbonyl (C=O) groups is 5. The van der Waals surface area contributed by atoms with Crippen LogP contribution in [0.3, 0.4) is 0 Å². The molecule has 5 aliphatic rings. The number of rotatable bonds is 11. The molecule has 70 heavy (non-hydrogen) atoms. The van der Waals surface area contributed by atoms with E-state index in [4.69, 9.17) is 9.47 Å². The first kappa shape index (κ1) is 49.0. The van der Waals surface area contributed by atoms with Crippen molar-refractivity contribution < 1.29 is 38.6 Å². The minimum atomic E-state index is -1.51. The lowest BCUT2D eigenvalue weighted by Crippen LogP contribution is -2.69. The summed E-state index contributed by atoms with van der Waals surface area (Å²) in [6.45, 7) is 16.6. The van der Waals surface area contributed by atoms with Crippen LogP contribution in [0.5, 0.6) is 5.75 Å². The van der Waals surface area contributed by atoms with Crippen LogP contribution >= 0.6 is 0 Å². The molecule has 3 saturated heterocycles. The van der Waals surface area contributed by atoms with Crippen molar-refractivity contribution in [2.75, 3.05) is 46.5 Å². The predicted molar refractivity (Wildman–Crippen MR) is 268 cm³/mol. The van der Waals surface area contributed by atoms with Crippen molar-refractivity contribution in [1.29, 1.82) is 0 Å². The van der Waals surface area contributed by atoms with E-state index in [0.29, 0.717) is 83.3 Å². The molecule has 372 valence electrons. The van der Waals surface area contributed by atoms with Crippen LogP contribution in [-0.4, -0.2) is 118 Å². The maximum Gasteiger partial charge on any atom is 0.324 e. The van der Waals surface area contributed by atoms with Crippen LogP contribution in [-0.2, 0) is 59.3 Å². The van der Waals surface area contributed by atoms with Gasteiger partial charge in [0.25, 0.3) is 5.91 Å². The lowest BCUT2D eigenvalue weighted by Gasteiger charge is -2.43. The summed E-state index contributed by atoms with van der Waals surface area (Å²) in [5.41, 5.74) is 8.32. The molecule has 9 rings (SSSR count). The van der Waals surface area contributed by atoms with Crippen LogP contribution in [0, 0.1) is 22.7 Å². The summed E-state index contributed by atoms with van der Waals surface area (Å²) >= 11 is 0. The van der Waals surface area contributed by atoms with Gasteiger partial charge in [-0.2, -0.15) is 0 Å². The third kappa shape index (κ3) is 9.13. The summed E-state index contributed by atoms with van der Waals surface area (Å²) in [7, 11) is 1.72. The predicted octanol–water partition coefficient (Wildman–Crippen LogP) is 6.98. The number of hydrazine groups is 1. The smallest absolute Gasteiger partial charge is 0.324 e. The van der Waals surface area contributed by atoms with Crippen molar-refractivity contribution >= 4 is 40.5 Å². The van der Waals surface area contributed by atoms with E-state index < -0.39 is 40.3 Å². The second-order valence-corrected chi connectivity index (χ2v) is 21.7. The first-order chi connectivity index (χ1) is 33.5. The van der Waals surface area contributed by atoms with Crippen molar-refractivity contribution in [2.24, 2.45) is 22.7 Å². The molecule has 14 nitrogen and oxygen atoms in total. The summed E-state index contributed by atoms with van der Waals surface area (Å²) in [5, 5.41) is 17.5. The Morgan fingerprint density at radius 1 is 0.971 bits per heavy atom. The standard InChI is InChI=1S/C56H70N6O8/c1-8-47(64)59-24-21-55(33-59)22-25-61(52(55)67)48(35(3)4)50(65)57-56(40-17-18-40)31-36-27-39(29-41(63)28-36)38-16-19-46-43(30-38)44(49(60(46)9-2)42-14-11-10-13-37(42)20-26-69-7)32-54(5,6)34-70-51(66)45-15-12-23-62(58-45)53(56)68/h8,10-11,13-14,16,19,27-30,35,40,45,48,58,63H,1,9,12,15,17-18,20-26,31-34H2,2-7H3,(H,57,65)/t45-,48-,55+,56+/m0/s1. The van der Waals surface area contributed by atoms with Gasteiger partial charge in [-0.1, -0.05) is 70.7 Å². The minimum absolute atomic E-state index is 0.0261. The van der Waals surface area contributed by atoms with E-state index in [1.165, 1.54) is 16.6 Å². The highest BCUT2D eigenvalue weighted by atomic mass is 16.5. The Hall–Kier alpha value is -5.99. The summed E-state index contributed by atoms with van der Waals surface area (Å²) in [6, 6.07) is 18.6. The number of cyclic esters (lactones) is 1. The Balaban J connectivity index is 1.15. The number of fused-ring (bicyclic) bond motifs is 6. The number of methoxy groups -OCH3 is 1. The number of benzene rings is 3. The van der Waals surface area contributed by atoms with Crippen LogP contribution < -0.4 is 10.7 Å². The second-order valence-electron chi connectivity index (χ2n) is 21.7. The quantitative estimate of drug-likeness (QED) is 0.106. The second kappa shape index (κ2) is 19.3. The van der Waals surface area contributed by atoms with Gasteiger partial charge in [0, 0.05) is 68.1 Å². The molecule has 4 fully saturated rings. The first-order valence-corrected chi connectivity index (χ1v) is 25.4. The number of ether oxygens (including phenoxy) is 2. The van der Waals surface area contributed by atoms with E-state index >= 15 is 9.59 Å². The maximum atomic E-state index is 15.6. The van der Waals surface area contributed by atoms with E-state index in [9.17, 15) is 19.5 Å². The number of aryl methyl sites for hydroxylation is 1. The molecular weight excluding hydrogens is 885 g/mol. The molecule has 3 N–H and O–H groups in total. The Kier molecular flexibility index (Phi) is 13.5. The number of hydrogen-bond donors (Lipinski definition) is 3. The Bertz CT molecular complexity index is 2720. The van der Waals surface area contributed by atoms with Crippen molar-refractivity contribution in [3.63, 3.8) is 0 Å². The highest BCUT2D eigenvalue weighted by Gasteiger charge is 2.58. The lowest BCUT2D eigenvalue weighted by atomic mass is 9.82. The summed E-state index contributed by atoms with van der Waals surface area (Å²) in [6.07, 6.45) is 5.98. The fourth-order valence-corrected chi connectivity index (χ4v) is 12.1. The van der Waals surface area contributed by atoms with E-state index in [-0.39, 0.29) is 54.9 Å². The molecule has 4 aromatic rings. The molecule has 14 heteroatoms. The van der Waals surface area contributed by atoms with Crippen LogP contribution in [0.25, 0.3) is 33.3 Å². The molecule has 1 saturated carbocycles. The molecule has 3 aromatic carbocycles. The molecule has 4 amide bonds. The third-order valence-corrected chi connectivity index (χ3v) is 15.7. The number of nitrogens with one attached hydrogen (secondary N) is 2. The molecule has 0 unspecified atom stereocenters. The molecule has 0 radical (unpaired) electrons. The van der Waals surface area contributed by atoms with Gasteiger partial charge in [0.2, 0.25) is 17.7 Å². The Morgan fingerprint density at radius 2 is 1.74 bits per heavy atom. The molecule has 5 heterocycles. The van der Waals surface area contributed by atoms with Gasteiger partial charge in [-0.15, -0.1) is 0 Å². The van der Waals surface area contributed by atoms with E-state index in [1.807, 2.05) is 19.9 Å². The highest BCUT2D eigenvalue weighted by Crippen LogP contribution is 2.47. The number of nitrogens with zero attached hydrogens (tertiary/aromatic N) is 4. The van der Waals surface area contributed by atoms with Gasteiger partial charge in [-0.05, 0) is 128 Å². The molecule has 1 spiro atoms. The zero-order chi connectivity index (χ0) is 49.7. The molecule has 1 aliphatic carbocycles. The SMILES string of the molecule is C=CC(=O)N1CC[C@@]2(CCN([C@H](C(=O)N[C@@]3(C4CC4)Cc4cc(O)cc(c4)-c4ccc5c(c4)c(c(-c4ccccc4CCOC)n5CC)CC(C)(C)COC(=O)[C@@H]4CCCN(N4)C3=O)C(C)C)C2=O)C1. The largest absolute Gasteiger partial charge is 0.508 e. The van der Waals surface area contributed by atoms with Gasteiger partial charge in [-0.25, -0.2) is 5.43 Å². The summed E-state index contributed by atoms with van der Waals surface area (Å²) in [4.78, 5) is 75.4. The van der Waals surface area contributed by atoms with Crippen LogP contribution in [0.15, 0.2) is 73.3 Å². The van der Waals surface area contributed by atoms with Crippen molar-refractivity contribution in [1.82, 2.24) is 30.1 Å². The number of phenols is 1. The van der Waals surface area contributed by atoms with Crippen LogP contribution in [0.4, 0.5) is 0 Å². The van der Waals surface area contributed by atoms with Gasteiger partial charge in [0.05, 0.1) is 24.3 Å². The van der Waals surface area contributed by atoms with Gasteiger partial charge >= 0.3 is 5.97 Å². The number of aromatic nitrogens is 1. The van der Waals surface area contributed by atoms with Gasteiger partial charge in [0.15, 0.2) is 0 Å². The van der Waals surface area contributed by atoms with Crippen molar-refractivity contribution in [2.45, 2.75) is 117 Å². The fraction of sp³-hybridized carbons (Fsp3) is 0.518. The van der Waals surface area contributed by atoms with E-state index in [2.05, 4.69) is 85.1 Å². The third-order valence-electron chi connectivity index (χ3n) is 15.7. The molecule has 4 aliphatic heterocycles. The number of carbonyl (C=O) groups excluding carboxylic acids is 5. The summed E-state index contributed by atoms with van der Waals surface area (Å²) in [5.74, 6) is -2.20. The number of hydrogen-bond acceptors (Lipinski definition) is 9. The van der Waals surface area contributed by atoms with Gasteiger partial charge in [0.1, 0.15) is 23.4 Å². The average Bonchev–Trinajstić information content (AvgIpc) is 3.96. The summed E-state index contributed by atoms with van der Waals surface area (Å²) < 4.78 is 14.1. The zero-order valence-electron chi connectivity index (χ0n) is 41.8. The number of phenolic OH excluding ortho intramolecular Hbond substituents is 1. The van der Waals surface area contributed by atoms with Crippen LogP contribution in [0.1, 0.15) is 89.8 Å². The van der Waals surface area contributed by atoms with Crippen molar-refractivity contribution in [3.8, 4) is 28.1 Å². The van der Waals surface area contributed by atoms with Gasteiger partial charge in [-0.3, -0.25) is 29.0 Å². The maximum absolute atomic E-state index is 15.6.